The fraction of sp³-hybridized carbons (Fsp3) is 0.500. The monoisotopic (exact) mass is 262 g/mol. The second-order valence-corrected chi connectivity index (χ2v) is 4.99. The number of anilines is 1. The minimum absolute atomic E-state index is 0.115. The van der Waals surface area contributed by atoms with Gasteiger partial charge in [-0.3, -0.25) is 4.79 Å². The highest BCUT2D eigenvalue weighted by atomic mass is 16.2. The van der Waals surface area contributed by atoms with Gasteiger partial charge in [0, 0.05) is 24.8 Å². The van der Waals surface area contributed by atoms with Crippen LogP contribution in [0.3, 0.4) is 0 Å². The molecule has 2 rings (SSSR count). The molecule has 1 atom stereocenters. The van der Waals surface area contributed by atoms with E-state index in [9.17, 15) is 4.79 Å². The van der Waals surface area contributed by atoms with Crippen LogP contribution in [0.25, 0.3) is 0 Å². The fourth-order valence-electron chi connectivity index (χ4n) is 2.37. The molecule has 0 saturated heterocycles. The summed E-state index contributed by atoms with van der Waals surface area (Å²) < 4.78 is 0. The first-order valence-corrected chi connectivity index (χ1v) is 6.68. The zero-order chi connectivity index (χ0) is 13.8. The molecule has 0 spiro atoms. The number of rotatable bonds is 6. The maximum atomic E-state index is 12.0. The Morgan fingerprint density at radius 3 is 2.95 bits per heavy atom. The molecule has 1 unspecified atom stereocenters. The molecule has 0 radical (unpaired) electrons. The number of amides is 1. The number of nitrogens with two attached hydrogens (primary N) is 2. The lowest BCUT2D eigenvalue weighted by atomic mass is 10.1. The number of fused-ring (bicyclic) bond motifs is 1. The molecule has 0 aliphatic carbocycles. The molecule has 19 heavy (non-hydrogen) atoms. The van der Waals surface area contributed by atoms with Gasteiger partial charge in [-0.25, -0.2) is 0 Å². The zero-order valence-electron chi connectivity index (χ0n) is 11.4. The van der Waals surface area contributed by atoms with Crippen molar-refractivity contribution in [1.82, 2.24) is 5.32 Å². The van der Waals surface area contributed by atoms with Crippen molar-refractivity contribution < 1.29 is 4.79 Å². The second kappa shape index (κ2) is 6.14. The summed E-state index contributed by atoms with van der Waals surface area (Å²) in [6.07, 6.45) is 1.44. The molecule has 1 heterocycles. The van der Waals surface area contributed by atoms with Crippen molar-refractivity contribution in [2.45, 2.75) is 18.9 Å². The van der Waals surface area contributed by atoms with E-state index in [0.717, 1.165) is 24.2 Å². The number of benzene rings is 1. The van der Waals surface area contributed by atoms with Crippen molar-refractivity contribution in [2.24, 2.45) is 11.5 Å². The molecule has 104 valence electrons. The summed E-state index contributed by atoms with van der Waals surface area (Å²) >= 11 is 0. The van der Waals surface area contributed by atoms with Gasteiger partial charge < -0.3 is 21.7 Å². The Kier molecular flexibility index (Phi) is 4.52. The van der Waals surface area contributed by atoms with Crippen LogP contribution in [0, 0.1) is 0 Å². The van der Waals surface area contributed by atoms with Gasteiger partial charge in [-0.15, -0.1) is 0 Å². The zero-order valence-corrected chi connectivity index (χ0v) is 11.4. The Morgan fingerprint density at radius 2 is 2.26 bits per heavy atom. The molecule has 0 saturated carbocycles. The summed E-state index contributed by atoms with van der Waals surface area (Å²) in [4.78, 5) is 13.8. The smallest absolute Gasteiger partial charge is 0.231 e. The minimum Gasteiger partial charge on any atom is -0.329 e. The van der Waals surface area contributed by atoms with Crippen LogP contribution in [0.15, 0.2) is 18.2 Å². The minimum atomic E-state index is -0.168. The van der Waals surface area contributed by atoms with Crippen LogP contribution in [-0.4, -0.2) is 38.6 Å². The highest BCUT2D eigenvalue weighted by molar-refractivity contribution is 6.01. The Labute approximate surface area is 113 Å². The maximum absolute atomic E-state index is 12.0. The number of likely N-dealkylation sites (N-methyl/N-ethyl adjacent to an activating group) is 1. The van der Waals surface area contributed by atoms with Crippen LogP contribution < -0.4 is 21.7 Å². The van der Waals surface area contributed by atoms with E-state index in [4.69, 9.17) is 11.5 Å². The van der Waals surface area contributed by atoms with Gasteiger partial charge in [0.1, 0.15) is 0 Å². The number of nitrogens with zero attached hydrogens (tertiary/aromatic N) is 1. The van der Waals surface area contributed by atoms with Crippen molar-refractivity contribution >= 4 is 11.6 Å². The average Bonchev–Trinajstić information content (AvgIpc) is 2.72. The van der Waals surface area contributed by atoms with Crippen molar-refractivity contribution in [2.75, 3.05) is 31.6 Å². The summed E-state index contributed by atoms with van der Waals surface area (Å²) in [5, 5.41) is 3.13. The van der Waals surface area contributed by atoms with E-state index < -0.39 is 0 Å². The lowest BCUT2D eigenvalue weighted by molar-refractivity contribution is -0.117. The molecule has 5 heteroatoms. The third kappa shape index (κ3) is 3.12. The van der Waals surface area contributed by atoms with E-state index in [2.05, 4.69) is 17.4 Å². The first kappa shape index (κ1) is 14.0. The molecular formula is C14H22N4O. The van der Waals surface area contributed by atoms with Crippen LogP contribution in [0.5, 0.6) is 0 Å². The third-order valence-electron chi connectivity index (χ3n) is 3.46. The SMILES string of the molecule is CNCCc1ccc2c(c1)CC(=O)N2CC(N)CN. The second-order valence-electron chi connectivity index (χ2n) is 4.99. The number of carbonyl (C=O) groups excluding carboxylic acids is 1. The van der Waals surface area contributed by atoms with Gasteiger partial charge in [-0.2, -0.15) is 0 Å². The van der Waals surface area contributed by atoms with E-state index in [1.165, 1.54) is 5.56 Å². The maximum Gasteiger partial charge on any atom is 0.231 e. The van der Waals surface area contributed by atoms with E-state index in [0.29, 0.717) is 19.5 Å². The van der Waals surface area contributed by atoms with E-state index in [1.807, 2.05) is 13.1 Å². The van der Waals surface area contributed by atoms with Gasteiger partial charge >= 0.3 is 0 Å². The largest absolute Gasteiger partial charge is 0.329 e. The van der Waals surface area contributed by atoms with Crippen molar-refractivity contribution in [3.05, 3.63) is 29.3 Å². The standard InChI is InChI=1S/C14H22N4O/c1-17-5-4-10-2-3-13-11(6-10)7-14(19)18(13)9-12(16)8-15/h2-3,6,12,17H,4-5,7-9,15-16H2,1H3. The Morgan fingerprint density at radius 1 is 1.47 bits per heavy atom. The molecule has 5 nitrogen and oxygen atoms in total. The summed E-state index contributed by atoms with van der Waals surface area (Å²) in [5.41, 5.74) is 14.7. The highest BCUT2D eigenvalue weighted by Gasteiger charge is 2.28. The van der Waals surface area contributed by atoms with Gasteiger partial charge in [-0.1, -0.05) is 12.1 Å². The lowest BCUT2D eigenvalue weighted by Crippen LogP contribution is -2.43. The van der Waals surface area contributed by atoms with E-state index in [1.54, 1.807) is 4.90 Å². The molecule has 1 aromatic rings. The van der Waals surface area contributed by atoms with Gasteiger partial charge in [0.05, 0.1) is 6.42 Å². The van der Waals surface area contributed by atoms with Gasteiger partial charge in [0.2, 0.25) is 5.91 Å². The average molecular weight is 262 g/mol. The van der Waals surface area contributed by atoms with Gasteiger partial charge in [0.25, 0.3) is 0 Å². The lowest BCUT2D eigenvalue weighted by Gasteiger charge is -2.21. The first-order valence-electron chi connectivity index (χ1n) is 6.68. The number of hydrogen-bond donors (Lipinski definition) is 3. The fourth-order valence-corrected chi connectivity index (χ4v) is 2.37. The van der Waals surface area contributed by atoms with E-state index >= 15 is 0 Å². The third-order valence-corrected chi connectivity index (χ3v) is 3.46. The van der Waals surface area contributed by atoms with Gasteiger partial charge in [0.15, 0.2) is 0 Å². The Hall–Kier alpha value is -1.43. The van der Waals surface area contributed by atoms with Crippen molar-refractivity contribution in [3.63, 3.8) is 0 Å². The molecule has 1 aliphatic heterocycles. The molecule has 5 N–H and O–H groups in total. The summed E-state index contributed by atoms with van der Waals surface area (Å²) in [6.45, 7) is 1.83. The van der Waals surface area contributed by atoms with Crippen molar-refractivity contribution in [1.29, 1.82) is 0 Å². The van der Waals surface area contributed by atoms with Crippen LogP contribution in [0.4, 0.5) is 5.69 Å². The summed E-state index contributed by atoms with van der Waals surface area (Å²) in [5.74, 6) is 0.115. The molecule has 0 bridgehead atoms. The predicted molar refractivity (Wildman–Crippen MR) is 77.2 cm³/mol. The summed E-state index contributed by atoms with van der Waals surface area (Å²) in [7, 11) is 1.94. The number of hydrogen-bond acceptors (Lipinski definition) is 4. The number of carbonyl (C=O) groups is 1. The molecule has 0 fully saturated rings. The molecular weight excluding hydrogens is 240 g/mol. The molecule has 1 amide bonds. The van der Waals surface area contributed by atoms with Crippen molar-refractivity contribution in [3.8, 4) is 0 Å². The molecule has 1 aromatic carbocycles. The van der Waals surface area contributed by atoms with Crippen LogP contribution in [-0.2, 0) is 17.6 Å². The normalized spacial score (nSPS) is 15.7. The Balaban J connectivity index is 2.15. The van der Waals surface area contributed by atoms with Gasteiger partial charge in [-0.05, 0) is 37.2 Å². The number of nitrogens with one attached hydrogen (secondary N) is 1. The molecule has 0 aromatic heterocycles. The van der Waals surface area contributed by atoms with Crippen LogP contribution in [0.1, 0.15) is 11.1 Å². The predicted octanol–water partition coefficient (Wildman–Crippen LogP) is -0.376. The van der Waals surface area contributed by atoms with E-state index in [-0.39, 0.29) is 11.9 Å². The quantitative estimate of drug-likeness (QED) is 0.653. The first-order chi connectivity index (χ1) is 9.15. The Bertz CT molecular complexity index is 461. The topological polar surface area (TPSA) is 84.4 Å². The molecule has 1 aliphatic rings. The summed E-state index contributed by atoms with van der Waals surface area (Å²) in [6, 6.07) is 6.06. The highest BCUT2D eigenvalue weighted by Crippen LogP contribution is 2.29. The van der Waals surface area contributed by atoms with Crippen LogP contribution in [0.2, 0.25) is 0 Å². The van der Waals surface area contributed by atoms with Crippen LogP contribution >= 0.6 is 0 Å².